The van der Waals surface area contributed by atoms with Crippen LogP contribution in [0.25, 0.3) is 5.65 Å². The molecule has 140 valence electrons. The summed E-state index contributed by atoms with van der Waals surface area (Å²) in [7, 11) is 0. The Morgan fingerprint density at radius 1 is 1.19 bits per heavy atom. The van der Waals surface area contributed by atoms with Crippen LogP contribution in [0.4, 0.5) is 4.39 Å². The summed E-state index contributed by atoms with van der Waals surface area (Å²) in [6.45, 7) is 2.60. The molecule has 6 heteroatoms. The van der Waals surface area contributed by atoms with E-state index in [2.05, 4.69) is 9.88 Å². The molecule has 3 heterocycles. The molecule has 0 saturated carbocycles. The minimum absolute atomic E-state index is 0.0987. The number of pyridine rings is 1. The van der Waals surface area contributed by atoms with Gasteiger partial charge < -0.3 is 4.74 Å². The molecule has 0 spiro atoms. The molecule has 0 radical (unpaired) electrons. The van der Waals surface area contributed by atoms with Gasteiger partial charge in [0, 0.05) is 38.5 Å². The molecule has 2 aromatic heterocycles. The Morgan fingerprint density at radius 3 is 2.93 bits per heavy atom. The highest BCUT2D eigenvalue weighted by atomic mass is 19.1. The fraction of sp³-hybridized carbons (Fsp3) is 0.333. The van der Waals surface area contributed by atoms with E-state index in [-0.39, 0.29) is 17.5 Å². The number of hydrogen-bond acceptors (Lipinski definition) is 4. The maximum absolute atomic E-state index is 13.6. The van der Waals surface area contributed by atoms with Crippen LogP contribution in [0, 0.1) is 5.82 Å². The van der Waals surface area contributed by atoms with Crippen LogP contribution in [-0.2, 0) is 17.8 Å². The zero-order valence-electron chi connectivity index (χ0n) is 15.1. The summed E-state index contributed by atoms with van der Waals surface area (Å²) in [5.41, 5.74) is 2.13. The van der Waals surface area contributed by atoms with Crippen molar-refractivity contribution in [2.75, 3.05) is 13.2 Å². The van der Waals surface area contributed by atoms with E-state index < -0.39 is 0 Å². The molecule has 1 fully saturated rings. The average molecular weight is 367 g/mol. The minimum Gasteiger partial charge on any atom is -0.377 e. The summed E-state index contributed by atoms with van der Waals surface area (Å²) < 4.78 is 20.9. The first-order valence-electron chi connectivity index (χ1n) is 9.23. The lowest BCUT2D eigenvalue weighted by molar-refractivity contribution is 0.0674. The lowest BCUT2D eigenvalue weighted by Crippen LogP contribution is -2.32. The van der Waals surface area contributed by atoms with Gasteiger partial charge in [-0.2, -0.15) is 0 Å². The van der Waals surface area contributed by atoms with Crippen LogP contribution in [0.2, 0.25) is 0 Å². The highest BCUT2D eigenvalue weighted by Crippen LogP contribution is 2.17. The van der Waals surface area contributed by atoms with Crippen LogP contribution < -0.4 is 5.56 Å². The van der Waals surface area contributed by atoms with E-state index in [1.54, 1.807) is 24.4 Å². The van der Waals surface area contributed by atoms with Gasteiger partial charge in [-0.3, -0.25) is 14.1 Å². The van der Waals surface area contributed by atoms with E-state index in [9.17, 15) is 9.18 Å². The molecule has 0 aliphatic carbocycles. The lowest BCUT2D eigenvalue weighted by atomic mass is 10.1. The standard InChI is InChI=1S/C21H22FN3O2/c22-17-6-3-5-16(11-17)13-24(15-19-7-4-10-27-19)14-18-12-21(26)25-9-2-1-8-20(25)23-18/h1-3,5-6,8-9,11-12,19H,4,7,10,13-15H2/t19-/m0/s1. The summed E-state index contributed by atoms with van der Waals surface area (Å²) in [4.78, 5) is 19.1. The Kier molecular flexibility index (Phi) is 5.27. The third-order valence-corrected chi connectivity index (χ3v) is 4.79. The normalized spacial score (nSPS) is 17.0. The highest BCUT2D eigenvalue weighted by Gasteiger charge is 2.20. The number of fused-ring (bicyclic) bond motifs is 1. The average Bonchev–Trinajstić information content (AvgIpc) is 3.15. The van der Waals surface area contributed by atoms with Crippen molar-refractivity contribution in [1.82, 2.24) is 14.3 Å². The van der Waals surface area contributed by atoms with Crippen LogP contribution in [0.15, 0.2) is 59.5 Å². The molecule has 4 rings (SSSR count). The van der Waals surface area contributed by atoms with E-state index in [4.69, 9.17) is 4.74 Å². The molecule has 5 nitrogen and oxygen atoms in total. The van der Waals surface area contributed by atoms with Gasteiger partial charge in [-0.25, -0.2) is 9.37 Å². The number of hydrogen-bond donors (Lipinski definition) is 0. The summed E-state index contributed by atoms with van der Waals surface area (Å²) in [6, 6.07) is 13.7. The molecule has 27 heavy (non-hydrogen) atoms. The Hall–Kier alpha value is -2.57. The Labute approximate surface area is 157 Å². The largest absolute Gasteiger partial charge is 0.377 e. The second-order valence-electron chi connectivity index (χ2n) is 6.95. The second-order valence-corrected chi connectivity index (χ2v) is 6.95. The minimum atomic E-state index is -0.244. The maximum atomic E-state index is 13.6. The van der Waals surface area contributed by atoms with Crippen LogP contribution in [0.1, 0.15) is 24.1 Å². The number of nitrogens with zero attached hydrogens (tertiary/aromatic N) is 3. The molecule has 0 N–H and O–H groups in total. The third kappa shape index (κ3) is 4.40. The van der Waals surface area contributed by atoms with E-state index in [0.717, 1.165) is 31.6 Å². The third-order valence-electron chi connectivity index (χ3n) is 4.79. The van der Waals surface area contributed by atoms with Gasteiger partial charge in [0.2, 0.25) is 0 Å². The van der Waals surface area contributed by atoms with E-state index in [1.165, 1.54) is 10.5 Å². The van der Waals surface area contributed by atoms with Crippen LogP contribution in [0.5, 0.6) is 0 Å². The molecule has 1 saturated heterocycles. The molecule has 0 unspecified atom stereocenters. The second kappa shape index (κ2) is 7.98. The van der Waals surface area contributed by atoms with Crippen molar-refractivity contribution in [3.63, 3.8) is 0 Å². The number of aromatic nitrogens is 2. The van der Waals surface area contributed by atoms with Crippen LogP contribution >= 0.6 is 0 Å². The summed E-state index contributed by atoms with van der Waals surface area (Å²) >= 11 is 0. The van der Waals surface area contributed by atoms with Crippen LogP contribution in [0.3, 0.4) is 0 Å². The van der Waals surface area contributed by atoms with Crippen molar-refractivity contribution < 1.29 is 9.13 Å². The highest BCUT2D eigenvalue weighted by molar-refractivity contribution is 5.38. The SMILES string of the molecule is O=c1cc(CN(Cc2cccc(F)c2)C[C@@H]2CCCO2)nc2ccccn12. The Balaban J connectivity index is 1.58. The van der Waals surface area contributed by atoms with Gasteiger partial charge in [-0.05, 0) is 42.7 Å². The van der Waals surface area contributed by atoms with E-state index >= 15 is 0 Å². The summed E-state index contributed by atoms with van der Waals surface area (Å²) in [6.07, 6.45) is 3.97. The first-order chi connectivity index (χ1) is 13.2. The van der Waals surface area contributed by atoms with Gasteiger partial charge in [0.1, 0.15) is 11.5 Å². The Morgan fingerprint density at radius 2 is 2.11 bits per heavy atom. The number of rotatable bonds is 6. The molecule has 1 atom stereocenters. The molecule has 1 aliphatic heterocycles. The zero-order chi connectivity index (χ0) is 18.6. The quantitative estimate of drug-likeness (QED) is 0.672. The Bertz CT molecular complexity index is 982. The van der Waals surface area contributed by atoms with E-state index in [1.807, 2.05) is 24.3 Å². The van der Waals surface area contributed by atoms with Gasteiger partial charge in [-0.15, -0.1) is 0 Å². The predicted molar refractivity (Wildman–Crippen MR) is 101 cm³/mol. The molecule has 1 aromatic carbocycles. The van der Waals surface area contributed by atoms with Gasteiger partial charge in [-0.1, -0.05) is 18.2 Å². The molecule has 0 amide bonds. The molecular formula is C21H22FN3O2. The number of benzene rings is 1. The van der Waals surface area contributed by atoms with Crippen LogP contribution in [-0.4, -0.2) is 33.5 Å². The van der Waals surface area contributed by atoms with Gasteiger partial charge in [0.25, 0.3) is 5.56 Å². The van der Waals surface area contributed by atoms with Gasteiger partial charge in [0.15, 0.2) is 0 Å². The topological polar surface area (TPSA) is 46.8 Å². The van der Waals surface area contributed by atoms with Crippen molar-refractivity contribution in [1.29, 1.82) is 0 Å². The molecule has 3 aromatic rings. The van der Waals surface area contributed by atoms with Crippen molar-refractivity contribution >= 4 is 5.65 Å². The molecular weight excluding hydrogens is 345 g/mol. The van der Waals surface area contributed by atoms with Crippen molar-refractivity contribution in [2.45, 2.75) is 32.0 Å². The zero-order valence-corrected chi connectivity index (χ0v) is 15.1. The predicted octanol–water partition coefficient (Wildman–Crippen LogP) is 3.01. The number of halogens is 1. The lowest BCUT2D eigenvalue weighted by Gasteiger charge is -2.25. The monoisotopic (exact) mass is 367 g/mol. The summed E-state index contributed by atoms with van der Waals surface area (Å²) in [5, 5.41) is 0. The molecule has 0 bridgehead atoms. The fourth-order valence-corrected chi connectivity index (χ4v) is 3.57. The first-order valence-corrected chi connectivity index (χ1v) is 9.23. The molecule has 1 aliphatic rings. The first kappa shape index (κ1) is 17.8. The maximum Gasteiger partial charge on any atom is 0.258 e. The van der Waals surface area contributed by atoms with Crippen molar-refractivity contribution in [2.24, 2.45) is 0 Å². The fourth-order valence-electron chi connectivity index (χ4n) is 3.57. The van der Waals surface area contributed by atoms with Gasteiger partial charge in [0.05, 0.1) is 11.8 Å². The van der Waals surface area contributed by atoms with Gasteiger partial charge >= 0.3 is 0 Å². The van der Waals surface area contributed by atoms with Crippen molar-refractivity contribution in [3.8, 4) is 0 Å². The smallest absolute Gasteiger partial charge is 0.258 e. The van der Waals surface area contributed by atoms with E-state index in [0.29, 0.717) is 24.4 Å². The summed E-state index contributed by atoms with van der Waals surface area (Å²) in [5.74, 6) is -0.244. The van der Waals surface area contributed by atoms with Crippen molar-refractivity contribution in [3.05, 3.63) is 82.2 Å². The number of ether oxygens (including phenoxy) is 1.